The van der Waals surface area contributed by atoms with Gasteiger partial charge in [-0.3, -0.25) is 14.6 Å². The minimum Gasteiger partial charge on any atom is -0.507 e. The number of benzene rings is 2. The van der Waals surface area contributed by atoms with Gasteiger partial charge in [0.25, 0.3) is 11.7 Å². The lowest BCUT2D eigenvalue weighted by molar-refractivity contribution is -0.140. The number of aliphatic hydroxyl groups excluding tert-OH is 1. The summed E-state index contributed by atoms with van der Waals surface area (Å²) in [5.41, 5.74) is 1.85. The number of ether oxygens (including phenoxy) is 2. The van der Waals surface area contributed by atoms with Crippen LogP contribution in [0.2, 0.25) is 0 Å². The number of ketones is 1. The van der Waals surface area contributed by atoms with Gasteiger partial charge in [0.05, 0.1) is 25.3 Å². The maximum absolute atomic E-state index is 13.3. The van der Waals surface area contributed by atoms with Crippen molar-refractivity contribution in [2.24, 2.45) is 5.92 Å². The fraction of sp³-hybridized carbons (Fsp3) is 0.250. The number of methoxy groups -OCH3 is 1. The van der Waals surface area contributed by atoms with Gasteiger partial charge in [-0.1, -0.05) is 44.2 Å². The van der Waals surface area contributed by atoms with Gasteiger partial charge in [0.2, 0.25) is 0 Å². The van der Waals surface area contributed by atoms with Gasteiger partial charge < -0.3 is 19.5 Å². The summed E-state index contributed by atoms with van der Waals surface area (Å²) in [5, 5.41) is 11.3. The van der Waals surface area contributed by atoms with Crippen LogP contribution in [0.5, 0.6) is 11.5 Å². The Morgan fingerprint density at radius 2 is 1.83 bits per heavy atom. The average Bonchev–Trinajstić information content (AvgIpc) is 3.12. The van der Waals surface area contributed by atoms with Gasteiger partial charge >= 0.3 is 0 Å². The second-order valence-corrected chi connectivity index (χ2v) is 8.80. The molecule has 7 heteroatoms. The maximum atomic E-state index is 13.3. The number of Topliss-reactive ketones (excluding diaryl/α,β-unsaturated/α-hetero) is 1. The summed E-state index contributed by atoms with van der Waals surface area (Å²) in [7, 11) is 1.52. The molecule has 2 heterocycles. The monoisotopic (exact) mass is 472 g/mol. The number of hydrogen-bond donors (Lipinski definition) is 1. The van der Waals surface area contributed by atoms with Crippen LogP contribution in [0.3, 0.4) is 0 Å². The van der Waals surface area contributed by atoms with E-state index >= 15 is 0 Å². The van der Waals surface area contributed by atoms with Crippen LogP contribution in [-0.4, -0.2) is 40.4 Å². The molecule has 1 aliphatic heterocycles. The number of likely N-dealkylation sites (tertiary alicyclic amines) is 1. The van der Waals surface area contributed by atoms with Crippen LogP contribution in [0.15, 0.2) is 78.6 Å². The van der Waals surface area contributed by atoms with Crippen LogP contribution < -0.4 is 9.47 Å². The molecule has 7 nitrogen and oxygen atoms in total. The van der Waals surface area contributed by atoms with Gasteiger partial charge in [-0.15, -0.1) is 0 Å². The van der Waals surface area contributed by atoms with Crippen molar-refractivity contribution in [1.29, 1.82) is 0 Å². The Bertz CT molecular complexity index is 1250. The van der Waals surface area contributed by atoms with Crippen LogP contribution in [0.1, 0.15) is 36.6 Å². The Balaban J connectivity index is 1.83. The minimum atomic E-state index is -0.802. The zero-order valence-corrected chi connectivity index (χ0v) is 20.0. The Kier molecular flexibility index (Phi) is 7.15. The lowest BCUT2D eigenvalue weighted by Crippen LogP contribution is -2.29. The molecule has 1 atom stereocenters. The van der Waals surface area contributed by atoms with E-state index in [0.29, 0.717) is 35.2 Å². The zero-order chi connectivity index (χ0) is 24.9. The van der Waals surface area contributed by atoms with Crippen LogP contribution >= 0.6 is 0 Å². The van der Waals surface area contributed by atoms with Crippen LogP contribution in [0, 0.1) is 5.92 Å². The summed E-state index contributed by atoms with van der Waals surface area (Å²) in [6.45, 7) is 4.81. The Morgan fingerprint density at radius 3 is 2.54 bits per heavy atom. The largest absolute Gasteiger partial charge is 0.507 e. The number of carbonyl (C=O) groups is 2. The molecule has 180 valence electrons. The molecule has 3 aromatic rings. The van der Waals surface area contributed by atoms with Crippen molar-refractivity contribution in [1.82, 2.24) is 9.88 Å². The molecule has 1 saturated heterocycles. The van der Waals surface area contributed by atoms with Gasteiger partial charge in [-0.05, 0) is 47.4 Å². The van der Waals surface area contributed by atoms with Crippen LogP contribution in [-0.2, 0) is 16.1 Å². The summed E-state index contributed by atoms with van der Waals surface area (Å²) in [6, 6.07) is 16.9. The molecule has 1 amide bonds. The van der Waals surface area contributed by atoms with E-state index < -0.39 is 17.7 Å². The molecule has 1 fully saturated rings. The summed E-state index contributed by atoms with van der Waals surface area (Å²) in [6.07, 6.45) is 3.30. The van der Waals surface area contributed by atoms with Crippen molar-refractivity contribution in [3.8, 4) is 11.5 Å². The minimum absolute atomic E-state index is 0.0214. The Morgan fingerprint density at radius 1 is 1.06 bits per heavy atom. The highest BCUT2D eigenvalue weighted by Crippen LogP contribution is 2.41. The van der Waals surface area contributed by atoms with Gasteiger partial charge in [0, 0.05) is 24.5 Å². The van der Waals surface area contributed by atoms with Gasteiger partial charge in [-0.2, -0.15) is 0 Å². The van der Waals surface area contributed by atoms with Gasteiger partial charge in [0.15, 0.2) is 0 Å². The lowest BCUT2D eigenvalue weighted by Gasteiger charge is -2.26. The van der Waals surface area contributed by atoms with Crippen molar-refractivity contribution in [2.75, 3.05) is 13.7 Å². The maximum Gasteiger partial charge on any atom is 0.295 e. The molecule has 0 saturated carbocycles. The molecule has 2 aromatic carbocycles. The molecule has 1 unspecified atom stereocenters. The van der Waals surface area contributed by atoms with Crippen molar-refractivity contribution < 1.29 is 24.2 Å². The number of nitrogens with zero attached hydrogens (tertiary/aromatic N) is 2. The molecule has 0 aliphatic carbocycles. The summed E-state index contributed by atoms with van der Waals surface area (Å²) in [5.74, 6) is -0.189. The quantitative estimate of drug-likeness (QED) is 0.289. The first-order chi connectivity index (χ1) is 16.9. The first-order valence-corrected chi connectivity index (χ1v) is 11.4. The third-order valence-electron chi connectivity index (χ3n) is 5.72. The fourth-order valence-electron chi connectivity index (χ4n) is 4.04. The summed E-state index contributed by atoms with van der Waals surface area (Å²) in [4.78, 5) is 32.1. The standard InChI is InChI=1S/C28H28N2O5/c1-18(2)17-35-23-11-4-8-20(13-23)25-24(26(31)21-9-5-10-22(14-21)34-3)27(32)28(33)30(25)16-19-7-6-12-29-15-19/h4-15,18,25,31H,16-17H2,1-3H3/b26-24-. The molecule has 1 aromatic heterocycles. The first kappa shape index (κ1) is 24.0. The molecular weight excluding hydrogens is 444 g/mol. The molecule has 35 heavy (non-hydrogen) atoms. The fourth-order valence-corrected chi connectivity index (χ4v) is 4.04. The van der Waals surface area contributed by atoms with E-state index in [4.69, 9.17) is 9.47 Å². The molecule has 1 aliphatic rings. The van der Waals surface area contributed by atoms with E-state index in [1.807, 2.05) is 30.3 Å². The van der Waals surface area contributed by atoms with Crippen molar-refractivity contribution in [3.63, 3.8) is 0 Å². The highest BCUT2D eigenvalue weighted by Gasteiger charge is 2.46. The molecule has 0 radical (unpaired) electrons. The second kappa shape index (κ2) is 10.4. The average molecular weight is 473 g/mol. The zero-order valence-electron chi connectivity index (χ0n) is 20.0. The number of rotatable bonds is 8. The smallest absolute Gasteiger partial charge is 0.295 e. The molecule has 4 rings (SSSR count). The number of aliphatic hydroxyl groups is 1. The first-order valence-electron chi connectivity index (χ1n) is 11.4. The molecular formula is C28H28N2O5. The molecule has 1 N–H and O–H groups in total. The highest BCUT2D eigenvalue weighted by molar-refractivity contribution is 6.46. The topological polar surface area (TPSA) is 89.0 Å². The number of aromatic nitrogens is 1. The summed E-state index contributed by atoms with van der Waals surface area (Å²) >= 11 is 0. The Labute approximate surface area is 204 Å². The second-order valence-electron chi connectivity index (χ2n) is 8.80. The van der Waals surface area contributed by atoms with E-state index in [1.54, 1.807) is 42.7 Å². The number of carbonyl (C=O) groups excluding carboxylic acids is 2. The van der Waals surface area contributed by atoms with E-state index in [9.17, 15) is 14.7 Å². The normalized spacial score (nSPS) is 17.1. The SMILES string of the molecule is COc1cccc(/C(O)=C2/C(=O)C(=O)N(Cc3cccnc3)C2c2cccc(OCC(C)C)c2)c1. The van der Waals surface area contributed by atoms with Gasteiger partial charge in [-0.25, -0.2) is 0 Å². The lowest BCUT2D eigenvalue weighted by atomic mass is 9.95. The van der Waals surface area contributed by atoms with E-state index in [-0.39, 0.29) is 17.9 Å². The van der Waals surface area contributed by atoms with Crippen LogP contribution in [0.25, 0.3) is 5.76 Å². The van der Waals surface area contributed by atoms with Crippen LogP contribution in [0.4, 0.5) is 0 Å². The molecule has 0 spiro atoms. The number of hydrogen-bond acceptors (Lipinski definition) is 6. The number of pyridine rings is 1. The van der Waals surface area contributed by atoms with E-state index in [2.05, 4.69) is 18.8 Å². The van der Waals surface area contributed by atoms with E-state index in [1.165, 1.54) is 12.0 Å². The van der Waals surface area contributed by atoms with E-state index in [0.717, 1.165) is 5.56 Å². The third-order valence-corrected chi connectivity index (χ3v) is 5.72. The summed E-state index contributed by atoms with van der Waals surface area (Å²) < 4.78 is 11.2. The van der Waals surface area contributed by atoms with Gasteiger partial charge in [0.1, 0.15) is 17.3 Å². The third kappa shape index (κ3) is 5.19. The highest BCUT2D eigenvalue weighted by atomic mass is 16.5. The van der Waals surface area contributed by atoms with Crippen molar-refractivity contribution in [3.05, 3.63) is 95.3 Å². The predicted molar refractivity (Wildman–Crippen MR) is 132 cm³/mol. The van der Waals surface area contributed by atoms with Crippen molar-refractivity contribution in [2.45, 2.75) is 26.4 Å². The number of amides is 1. The predicted octanol–water partition coefficient (Wildman–Crippen LogP) is 4.75. The molecule has 0 bridgehead atoms. The van der Waals surface area contributed by atoms with Crippen molar-refractivity contribution >= 4 is 17.4 Å². The Hall–Kier alpha value is -4.13.